The summed E-state index contributed by atoms with van der Waals surface area (Å²) in [6.45, 7) is 0. The number of rotatable bonds is 2. The van der Waals surface area contributed by atoms with Crippen LogP contribution in [0.4, 0.5) is 0 Å². The average Bonchev–Trinajstić information content (AvgIpc) is 1.94. The molecule has 0 aliphatic rings. The second-order valence-electron chi connectivity index (χ2n) is 2.45. The number of thioether (sulfide) groups is 1. The standard InChI is InChI=1S/C7H9ClN2O2S/c8-7(9,10)13-6-3-4(11)1-2-5(6)12/h1-3,11-12H,9-10H2. The summed E-state index contributed by atoms with van der Waals surface area (Å²) in [7, 11) is 0. The van der Waals surface area contributed by atoms with E-state index in [0.29, 0.717) is 4.90 Å². The van der Waals surface area contributed by atoms with Gasteiger partial charge in [0, 0.05) is 0 Å². The first-order valence-corrected chi connectivity index (χ1v) is 4.55. The maximum absolute atomic E-state index is 9.30. The van der Waals surface area contributed by atoms with Crippen LogP contribution in [0.1, 0.15) is 0 Å². The number of halogens is 1. The van der Waals surface area contributed by atoms with Gasteiger partial charge in [0.2, 0.25) is 0 Å². The Kier molecular flexibility index (Phi) is 2.92. The Labute approximate surface area is 84.5 Å². The Hall–Kier alpha value is -0.620. The SMILES string of the molecule is NC(N)(Cl)Sc1cc(O)ccc1O. The van der Waals surface area contributed by atoms with Gasteiger partial charge in [-0.1, -0.05) is 23.4 Å². The van der Waals surface area contributed by atoms with Crippen LogP contribution in [0, 0.1) is 0 Å². The van der Waals surface area contributed by atoms with Crippen LogP contribution in [-0.4, -0.2) is 14.7 Å². The van der Waals surface area contributed by atoms with Gasteiger partial charge < -0.3 is 10.2 Å². The molecular weight excluding hydrogens is 212 g/mol. The van der Waals surface area contributed by atoms with Gasteiger partial charge in [0.25, 0.3) is 0 Å². The molecule has 0 radical (unpaired) electrons. The molecule has 1 rings (SSSR count). The van der Waals surface area contributed by atoms with Crippen molar-refractivity contribution in [2.24, 2.45) is 11.5 Å². The van der Waals surface area contributed by atoms with E-state index in [1.165, 1.54) is 18.2 Å². The van der Waals surface area contributed by atoms with Gasteiger partial charge in [-0.15, -0.1) is 0 Å². The van der Waals surface area contributed by atoms with E-state index in [9.17, 15) is 5.11 Å². The molecule has 0 amide bonds. The van der Waals surface area contributed by atoms with Crippen molar-refractivity contribution in [3.8, 4) is 11.5 Å². The van der Waals surface area contributed by atoms with E-state index < -0.39 is 4.45 Å². The Bertz CT molecular complexity index is 314. The second kappa shape index (κ2) is 3.63. The highest BCUT2D eigenvalue weighted by molar-refractivity contribution is 8.01. The minimum absolute atomic E-state index is 0.0150. The highest BCUT2D eigenvalue weighted by Gasteiger charge is 2.18. The number of aromatic hydroxyl groups is 2. The molecule has 0 aliphatic carbocycles. The highest BCUT2D eigenvalue weighted by atomic mass is 35.5. The summed E-state index contributed by atoms with van der Waals surface area (Å²) in [4.78, 5) is 0.333. The van der Waals surface area contributed by atoms with Crippen molar-refractivity contribution in [3.63, 3.8) is 0 Å². The van der Waals surface area contributed by atoms with Gasteiger partial charge in [0.05, 0.1) is 4.90 Å². The summed E-state index contributed by atoms with van der Waals surface area (Å²) >= 11 is 6.37. The first-order chi connectivity index (χ1) is 5.88. The summed E-state index contributed by atoms with van der Waals surface area (Å²) in [5, 5.41) is 18.4. The first kappa shape index (κ1) is 10.5. The predicted molar refractivity (Wildman–Crippen MR) is 52.6 cm³/mol. The number of hydrogen-bond donors (Lipinski definition) is 4. The molecule has 1 aromatic rings. The van der Waals surface area contributed by atoms with Crippen LogP contribution >= 0.6 is 23.4 Å². The lowest BCUT2D eigenvalue weighted by Gasteiger charge is -2.15. The maximum Gasteiger partial charge on any atom is 0.194 e. The van der Waals surface area contributed by atoms with Crippen LogP contribution in [0.3, 0.4) is 0 Å². The monoisotopic (exact) mass is 220 g/mol. The van der Waals surface area contributed by atoms with Crippen LogP contribution in [0.25, 0.3) is 0 Å². The summed E-state index contributed by atoms with van der Waals surface area (Å²) in [5.74, 6) is -0.00931. The molecule has 0 saturated heterocycles. The van der Waals surface area contributed by atoms with E-state index in [0.717, 1.165) is 11.8 Å². The van der Waals surface area contributed by atoms with E-state index in [1.807, 2.05) is 0 Å². The Morgan fingerprint density at radius 2 is 1.92 bits per heavy atom. The molecule has 1 aromatic carbocycles. The quantitative estimate of drug-likeness (QED) is 0.196. The van der Waals surface area contributed by atoms with Gasteiger partial charge in [-0.25, -0.2) is 0 Å². The fourth-order valence-electron chi connectivity index (χ4n) is 0.753. The molecule has 6 heteroatoms. The zero-order valence-electron chi connectivity index (χ0n) is 6.57. The predicted octanol–water partition coefficient (Wildman–Crippen LogP) is 0.957. The molecule has 0 bridgehead atoms. The lowest BCUT2D eigenvalue weighted by atomic mass is 10.3. The summed E-state index contributed by atoms with van der Waals surface area (Å²) < 4.78 is -1.49. The van der Waals surface area contributed by atoms with Crippen LogP contribution in [0.15, 0.2) is 23.1 Å². The maximum atomic E-state index is 9.30. The minimum atomic E-state index is -1.49. The molecule has 0 fully saturated rings. The molecule has 6 N–H and O–H groups in total. The zero-order chi connectivity index (χ0) is 10.1. The summed E-state index contributed by atoms with van der Waals surface area (Å²) in [5.41, 5.74) is 10.6. The molecule has 0 unspecified atom stereocenters. The average molecular weight is 221 g/mol. The van der Waals surface area contributed by atoms with Gasteiger partial charge in [-0.3, -0.25) is 11.5 Å². The largest absolute Gasteiger partial charge is 0.508 e. The number of phenolic OH excluding ortho intramolecular Hbond substituents is 2. The van der Waals surface area contributed by atoms with Gasteiger partial charge in [-0.2, -0.15) is 0 Å². The Morgan fingerprint density at radius 1 is 1.31 bits per heavy atom. The van der Waals surface area contributed by atoms with Crippen LogP contribution < -0.4 is 11.5 Å². The van der Waals surface area contributed by atoms with Crippen molar-refractivity contribution in [1.29, 1.82) is 0 Å². The highest BCUT2D eigenvalue weighted by Crippen LogP contribution is 2.36. The zero-order valence-corrected chi connectivity index (χ0v) is 8.14. The van der Waals surface area contributed by atoms with Crippen LogP contribution in [-0.2, 0) is 0 Å². The van der Waals surface area contributed by atoms with Crippen molar-refractivity contribution in [1.82, 2.24) is 0 Å². The fraction of sp³-hybridized carbons (Fsp3) is 0.143. The lowest BCUT2D eigenvalue weighted by Crippen LogP contribution is -2.39. The third-order valence-corrected chi connectivity index (χ3v) is 2.30. The molecule has 72 valence electrons. The van der Waals surface area contributed by atoms with Crippen molar-refractivity contribution in [2.75, 3.05) is 0 Å². The normalized spacial score (nSPS) is 11.6. The molecule has 0 spiro atoms. The van der Waals surface area contributed by atoms with Gasteiger partial charge in [-0.05, 0) is 18.2 Å². The number of nitrogens with two attached hydrogens (primary N) is 2. The van der Waals surface area contributed by atoms with Gasteiger partial charge in [0.15, 0.2) is 4.45 Å². The lowest BCUT2D eigenvalue weighted by molar-refractivity contribution is 0.448. The van der Waals surface area contributed by atoms with Crippen molar-refractivity contribution in [3.05, 3.63) is 18.2 Å². The third-order valence-electron chi connectivity index (χ3n) is 1.21. The molecule has 4 nitrogen and oxygen atoms in total. The molecule has 0 atom stereocenters. The van der Waals surface area contributed by atoms with E-state index in [1.54, 1.807) is 0 Å². The minimum Gasteiger partial charge on any atom is -0.508 e. The molecule has 0 saturated carbocycles. The van der Waals surface area contributed by atoms with Crippen molar-refractivity contribution >= 4 is 23.4 Å². The van der Waals surface area contributed by atoms with E-state index in [4.69, 9.17) is 28.2 Å². The molecule has 0 aliphatic heterocycles. The Balaban J connectivity index is 2.94. The van der Waals surface area contributed by atoms with Gasteiger partial charge in [0.1, 0.15) is 11.5 Å². The van der Waals surface area contributed by atoms with Crippen LogP contribution in [0.5, 0.6) is 11.5 Å². The molecule has 0 aromatic heterocycles. The van der Waals surface area contributed by atoms with E-state index >= 15 is 0 Å². The second-order valence-corrected chi connectivity index (χ2v) is 4.62. The number of phenols is 2. The molecular formula is C7H9ClN2O2S. The number of alkyl halides is 1. The van der Waals surface area contributed by atoms with Crippen molar-refractivity contribution < 1.29 is 10.2 Å². The van der Waals surface area contributed by atoms with E-state index in [-0.39, 0.29) is 11.5 Å². The van der Waals surface area contributed by atoms with Gasteiger partial charge >= 0.3 is 0 Å². The summed E-state index contributed by atoms with van der Waals surface area (Å²) in [6, 6.07) is 4.01. The first-order valence-electron chi connectivity index (χ1n) is 3.36. The number of benzene rings is 1. The Morgan fingerprint density at radius 3 is 2.46 bits per heavy atom. The fourth-order valence-corrected chi connectivity index (χ4v) is 1.69. The summed E-state index contributed by atoms with van der Waals surface area (Å²) in [6.07, 6.45) is 0. The van der Waals surface area contributed by atoms with Crippen LogP contribution in [0.2, 0.25) is 0 Å². The molecule has 13 heavy (non-hydrogen) atoms. The molecule has 0 heterocycles. The van der Waals surface area contributed by atoms with E-state index in [2.05, 4.69) is 0 Å². The third kappa shape index (κ3) is 3.31. The van der Waals surface area contributed by atoms with Crippen molar-refractivity contribution in [2.45, 2.75) is 9.35 Å². The smallest absolute Gasteiger partial charge is 0.194 e. The topological polar surface area (TPSA) is 92.5 Å². The number of hydrogen-bond acceptors (Lipinski definition) is 5.